The summed E-state index contributed by atoms with van der Waals surface area (Å²) in [4.78, 5) is 14.8. The highest BCUT2D eigenvalue weighted by Crippen LogP contribution is 2.36. The van der Waals surface area contributed by atoms with Crippen LogP contribution in [0.25, 0.3) is 6.08 Å². The van der Waals surface area contributed by atoms with Gasteiger partial charge in [-0.3, -0.25) is 9.69 Å². The molecule has 23 heavy (non-hydrogen) atoms. The van der Waals surface area contributed by atoms with Gasteiger partial charge in [-0.1, -0.05) is 88.4 Å². The minimum atomic E-state index is -0.0930. The topological polar surface area (TPSA) is 20.3 Å². The van der Waals surface area contributed by atoms with Crippen molar-refractivity contribution >= 4 is 61.9 Å². The molecule has 114 valence electrons. The molecule has 0 saturated carbocycles. The zero-order chi connectivity index (χ0) is 16.2. The molecule has 0 aliphatic carbocycles. The van der Waals surface area contributed by atoms with Crippen LogP contribution in [0.5, 0.6) is 0 Å². The van der Waals surface area contributed by atoms with Gasteiger partial charge >= 0.3 is 0 Å². The summed E-state index contributed by atoms with van der Waals surface area (Å²) in [6.07, 6.45) is 3.78. The maximum absolute atomic E-state index is 12.6. The van der Waals surface area contributed by atoms with Gasteiger partial charge in [-0.05, 0) is 29.8 Å². The summed E-state index contributed by atoms with van der Waals surface area (Å²) in [6, 6.07) is 19.4. The van der Waals surface area contributed by atoms with Gasteiger partial charge in [0.25, 0.3) is 5.91 Å². The minimum absolute atomic E-state index is 0.0930. The molecule has 0 atom stereocenters. The van der Waals surface area contributed by atoms with Crippen LogP contribution in [0.15, 0.2) is 76.1 Å². The van der Waals surface area contributed by atoms with Crippen molar-refractivity contribution in [3.05, 3.63) is 81.7 Å². The standard InChI is InChI=1S/C18H12BrNOS2/c19-14(11-13-7-3-1-4-8-13)12-16-17(21)20(18(22)23-16)15-9-5-2-6-10-15/h1-12H/b14-11-,16-12+. The molecule has 2 aromatic rings. The number of thioether (sulfide) groups is 1. The van der Waals surface area contributed by atoms with E-state index in [0.29, 0.717) is 9.23 Å². The van der Waals surface area contributed by atoms with Crippen LogP contribution in [-0.2, 0) is 4.79 Å². The third-order valence-corrected chi connectivity index (χ3v) is 4.94. The molecule has 0 aromatic heterocycles. The highest BCUT2D eigenvalue weighted by Gasteiger charge is 2.33. The van der Waals surface area contributed by atoms with Crippen LogP contribution >= 0.6 is 39.9 Å². The number of nitrogens with zero attached hydrogens (tertiary/aromatic N) is 1. The van der Waals surface area contributed by atoms with Gasteiger partial charge in [0.05, 0.1) is 10.6 Å². The first-order chi connectivity index (χ1) is 11.1. The van der Waals surface area contributed by atoms with Crippen LogP contribution in [0.1, 0.15) is 5.56 Å². The van der Waals surface area contributed by atoms with Crippen molar-refractivity contribution in [2.24, 2.45) is 0 Å². The maximum atomic E-state index is 12.6. The zero-order valence-corrected chi connectivity index (χ0v) is 15.2. The highest BCUT2D eigenvalue weighted by molar-refractivity contribution is 9.12. The second-order valence-corrected chi connectivity index (χ2v) is 7.38. The minimum Gasteiger partial charge on any atom is -0.268 e. The van der Waals surface area contributed by atoms with Gasteiger partial charge in [0.1, 0.15) is 0 Å². The second-order valence-electron chi connectivity index (χ2n) is 4.79. The van der Waals surface area contributed by atoms with Gasteiger partial charge in [-0.15, -0.1) is 0 Å². The molecular weight excluding hydrogens is 390 g/mol. The van der Waals surface area contributed by atoms with Crippen molar-refractivity contribution in [2.45, 2.75) is 0 Å². The fourth-order valence-electron chi connectivity index (χ4n) is 2.14. The summed E-state index contributed by atoms with van der Waals surface area (Å²) >= 11 is 10.2. The van der Waals surface area contributed by atoms with Gasteiger partial charge in [-0.25, -0.2) is 0 Å². The van der Waals surface area contributed by atoms with E-state index in [1.807, 2.05) is 72.8 Å². The van der Waals surface area contributed by atoms with E-state index < -0.39 is 0 Å². The van der Waals surface area contributed by atoms with Crippen molar-refractivity contribution in [2.75, 3.05) is 4.90 Å². The Morgan fingerprint density at radius 1 is 1.04 bits per heavy atom. The molecule has 1 heterocycles. The van der Waals surface area contributed by atoms with E-state index in [0.717, 1.165) is 15.7 Å². The second kappa shape index (κ2) is 7.25. The third-order valence-electron chi connectivity index (χ3n) is 3.18. The molecule has 1 saturated heterocycles. The van der Waals surface area contributed by atoms with Crippen LogP contribution in [0.2, 0.25) is 0 Å². The van der Waals surface area contributed by atoms with Crippen LogP contribution in [0.3, 0.4) is 0 Å². The summed E-state index contributed by atoms with van der Waals surface area (Å²) in [5.41, 5.74) is 1.86. The summed E-state index contributed by atoms with van der Waals surface area (Å²) < 4.78 is 1.38. The third kappa shape index (κ3) is 3.80. The fraction of sp³-hybridized carbons (Fsp3) is 0. The molecule has 2 nitrogen and oxygen atoms in total. The molecular formula is C18H12BrNOS2. The first-order valence-electron chi connectivity index (χ1n) is 6.90. The molecule has 1 aliphatic heterocycles. The van der Waals surface area contributed by atoms with Gasteiger partial charge < -0.3 is 0 Å². The molecule has 0 spiro atoms. The van der Waals surface area contributed by atoms with E-state index in [1.54, 1.807) is 4.90 Å². The highest BCUT2D eigenvalue weighted by atomic mass is 79.9. The number of anilines is 1. The monoisotopic (exact) mass is 401 g/mol. The van der Waals surface area contributed by atoms with Gasteiger partial charge in [0.15, 0.2) is 4.32 Å². The number of carbonyl (C=O) groups excluding carboxylic acids is 1. The Kier molecular flexibility index (Phi) is 5.10. The quantitative estimate of drug-likeness (QED) is 0.509. The normalized spacial score (nSPS) is 17.2. The molecule has 0 N–H and O–H groups in total. The molecule has 2 aromatic carbocycles. The number of hydrogen-bond donors (Lipinski definition) is 0. The van der Waals surface area contributed by atoms with Gasteiger partial charge in [-0.2, -0.15) is 0 Å². The molecule has 0 unspecified atom stereocenters. The molecule has 5 heteroatoms. The van der Waals surface area contributed by atoms with Gasteiger partial charge in [0.2, 0.25) is 0 Å². The van der Waals surface area contributed by atoms with Crippen molar-refractivity contribution in [1.82, 2.24) is 0 Å². The summed E-state index contributed by atoms with van der Waals surface area (Å²) in [6.45, 7) is 0. The molecule has 0 bridgehead atoms. The van der Waals surface area contributed by atoms with Gasteiger partial charge in [0, 0.05) is 4.48 Å². The largest absolute Gasteiger partial charge is 0.270 e. The van der Waals surface area contributed by atoms with E-state index in [-0.39, 0.29) is 5.91 Å². The number of halogens is 1. The van der Waals surface area contributed by atoms with Crippen LogP contribution in [0.4, 0.5) is 5.69 Å². The van der Waals surface area contributed by atoms with Crippen molar-refractivity contribution < 1.29 is 4.79 Å². The number of para-hydroxylation sites is 1. The average molecular weight is 402 g/mol. The number of rotatable bonds is 3. The Bertz CT molecular complexity index is 800. The molecule has 1 fully saturated rings. The predicted molar refractivity (Wildman–Crippen MR) is 106 cm³/mol. The molecule has 1 aliphatic rings. The number of carbonyl (C=O) groups is 1. The van der Waals surface area contributed by atoms with Crippen LogP contribution < -0.4 is 4.90 Å². The predicted octanol–water partition coefficient (Wildman–Crippen LogP) is 5.37. The van der Waals surface area contributed by atoms with Crippen molar-refractivity contribution in [1.29, 1.82) is 0 Å². The lowest BCUT2D eigenvalue weighted by Crippen LogP contribution is -2.27. The molecule has 3 rings (SSSR count). The van der Waals surface area contributed by atoms with E-state index >= 15 is 0 Å². The Labute approximate surface area is 153 Å². The average Bonchev–Trinajstić information content (AvgIpc) is 2.83. The molecule has 0 radical (unpaired) electrons. The van der Waals surface area contributed by atoms with Crippen LogP contribution in [0, 0.1) is 0 Å². The molecule has 1 amide bonds. The number of thiocarbonyl (C=S) groups is 1. The van der Waals surface area contributed by atoms with Crippen molar-refractivity contribution in [3.63, 3.8) is 0 Å². The fourth-order valence-corrected chi connectivity index (χ4v) is 4.08. The zero-order valence-electron chi connectivity index (χ0n) is 12.0. The Morgan fingerprint density at radius 3 is 2.30 bits per heavy atom. The SMILES string of the molecule is O=C1/C(=C\C(Br)=C\c2ccccc2)SC(=S)N1c1ccccc1. The maximum Gasteiger partial charge on any atom is 0.270 e. The van der Waals surface area contributed by atoms with E-state index in [1.165, 1.54) is 11.8 Å². The summed E-state index contributed by atoms with van der Waals surface area (Å²) in [5, 5.41) is 0. The first-order valence-corrected chi connectivity index (χ1v) is 8.92. The lowest BCUT2D eigenvalue weighted by Gasteiger charge is -2.13. The number of allylic oxidation sites excluding steroid dienone is 2. The van der Waals surface area contributed by atoms with Crippen LogP contribution in [-0.4, -0.2) is 10.2 Å². The van der Waals surface area contributed by atoms with E-state index in [2.05, 4.69) is 15.9 Å². The Hall–Kier alpha value is -1.69. The lowest BCUT2D eigenvalue weighted by atomic mass is 10.2. The number of benzene rings is 2. The Balaban J connectivity index is 1.86. The summed E-state index contributed by atoms with van der Waals surface area (Å²) in [7, 11) is 0. The Morgan fingerprint density at radius 2 is 1.65 bits per heavy atom. The van der Waals surface area contributed by atoms with E-state index in [9.17, 15) is 4.79 Å². The lowest BCUT2D eigenvalue weighted by molar-refractivity contribution is -0.113. The van der Waals surface area contributed by atoms with Crippen molar-refractivity contribution in [3.8, 4) is 0 Å². The van der Waals surface area contributed by atoms with E-state index in [4.69, 9.17) is 12.2 Å². The number of amides is 1. The number of hydrogen-bond acceptors (Lipinski definition) is 3. The first kappa shape index (κ1) is 16.2. The summed E-state index contributed by atoms with van der Waals surface area (Å²) in [5.74, 6) is -0.0930. The smallest absolute Gasteiger partial charge is 0.268 e.